The minimum atomic E-state index is 0.958. The van der Waals surface area contributed by atoms with Crippen LogP contribution in [0.2, 0.25) is 0 Å². The van der Waals surface area contributed by atoms with E-state index < -0.39 is 0 Å². The van der Waals surface area contributed by atoms with Gasteiger partial charge in [0, 0.05) is 25.1 Å². The van der Waals surface area contributed by atoms with Crippen LogP contribution in [0.3, 0.4) is 0 Å². The average Bonchev–Trinajstić information content (AvgIpc) is 2.67. The SMILES string of the molecule is C1=CNNC1.c1cc[nH]c1. The van der Waals surface area contributed by atoms with Gasteiger partial charge in [-0.1, -0.05) is 6.08 Å². The predicted octanol–water partition coefficient (Wildman–Crippen LogP) is 0.623. The van der Waals surface area contributed by atoms with E-state index in [4.69, 9.17) is 0 Å². The van der Waals surface area contributed by atoms with E-state index in [0.717, 1.165) is 6.54 Å². The molecule has 0 fully saturated rings. The number of hydrazine groups is 1. The van der Waals surface area contributed by atoms with Crippen molar-refractivity contribution in [2.45, 2.75) is 0 Å². The van der Waals surface area contributed by atoms with Gasteiger partial charge >= 0.3 is 0 Å². The van der Waals surface area contributed by atoms with Crippen LogP contribution in [0.1, 0.15) is 0 Å². The van der Waals surface area contributed by atoms with Crippen molar-refractivity contribution < 1.29 is 0 Å². The molecule has 0 unspecified atom stereocenters. The molecular formula is C7H11N3. The molecule has 3 heteroatoms. The van der Waals surface area contributed by atoms with Crippen LogP contribution in [-0.2, 0) is 0 Å². The molecule has 3 N–H and O–H groups in total. The predicted molar refractivity (Wildman–Crippen MR) is 41.1 cm³/mol. The van der Waals surface area contributed by atoms with Crippen molar-refractivity contribution in [3.63, 3.8) is 0 Å². The number of aromatic amines is 1. The van der Waals surface area contributed by atoms with Gasteiger partial charge in [-0.15, -0.1) is 0 Å². The van der Waals surface area contributed by atoms with Gasteiger partial charge in [0.2, 0.25) is 0 Å². The van der Waals surface area contributed by atoms with Crippen molar-refractivity contribution in [1.29, 1.82) is 0 Å². The lowest BCUT2D eigenvalue weighted by molar-refractivity contribution is 0.727. The molecule has 0 radical (unpaired) electrons. The summed E-state index contributed by atoms with van der Waals surface area (Å²) in [6.07, 6.45) is 7.64. The third-order valence-electron chi connectivity index (χ3n) is 1.02. The molecule has 3 nitrogen and oxygen atoms in total. The maximum absolute atomic E-state index is 2.86. The molecule has 0 spiro atoms. The van der Waals surface area contributed by atoms with E-state index in [0.29, 0.717) is 0 Å². The van der Waals surface area contributed by atoms with Crippen molar-refractivity contribution in [3.8, 4) is 0 Å². The first-order valence-electron chi connectivity index (χ1n) is 3.21. The van der Waals surface area contributed by atoms with Gasteiger partial charge in [0.15, 0.2) is 0 Å². The second-order valence-electron chi connectivity index (χ2n) is 1.81. The Morgan fingerprint density at radius 3 is 2.10 bits per heavy atom. The lowest BCUT2D eigenvalue weighted by Crippen LogP contribution is -2.19. The Bertz CT molecular complexity index is 144. The third-order valence-corrected chi connectivity index (χ3v) is 1.02. The monoisotopic (exact) mass is 137 g/mol. The highest BCUT2D eigenvalue weighted by molar-refractivity contribution is 4.85. The Labute approximate surface area is 60.1 Å². The number of nitrogens with one attached hydrogen (secondary N) is 3. The van der Waals surface area contributed by atoms with E-state index in [-0.39, 0.29) is 0 Å². The fourth-order valence-electron chi connectivity index (χ4n) is 0.572. The molecule has 2 heterocycles. The maximum Gasteiger partial charge on any atom is 0.0345 e. The Kier molecular flexibility index (Phi) is 3.20. The molecular weight excluding hydrogens is 126 g/mol. The molecule has 0 aliphatic carbocycles. The zero-order valence-electron chi connectivity index (χ0n) is 5.67. The third kappa shape index (κ3) is 2.94. The summed E-state index contributed by atoms with van der Waals surface area (Å²) in [4.78, 5) is 2.86. The first kappa shape index (κ1) is 6.89. The van der Waals surface area contributed by atoms with Gasteiger partial charge < -0.3 is 10.4 Å². The number of rotatable bonds is 0. The fourth-order valence-corrected chi connectivity index (χ4v) is 0.572. The quantitative estimate of drug-likeness (QED) is 0.490. The topological polar surface area (TPSA) is 39.8 Å². The van der Waals surface area contributed by atoms with Crippen LogP contribution in [0.25, 0.3) is 0 Å². The molecule has 54 valence electrons. The van der Waals surface area contributed by atoms with E-state index in [1.54, 1.807) is 0 Å². The lowest BCUT2D eigenvalue weighted by atomic mass is 10.7. The van der Waals surface area contributed by atoms with Gasteiger partial charge in [0.25, 0.3) is 0 Å². The van der Waals surface area contributed by atoms with E-state index in [9.17, 15) is 0 Å². The first-order valence-corrected chi connectivity index (χ1v) is 3.21. The number of hydrogen-bond donors (Lipinski definition) is 3. The summed E-state index contributed by atoms with van der Waals surface area (Å²) >= 11 is 0. The van der Waals surface area contributed by atoms with Crippen LogP contribution in [0.15, 0.2) is 36.8 Å². The lowest BCUT2D eigenvalue weighted by Gasteiger charge is -1.83. The standard InChI is InChI=1S/C4H5N.C3H6N2/c2*1-2-4-5-3-1/h1-5H;1-2,4-5H,3H2. The molecule has 0 amide bonds. The van der Waals surface area contributed by atoms with Crippen molar-refractivity contribution in [2.75, 3.05) is 6.54 Å². The van der Waals surface area contributed by atoms with E-state index in [2.05, 4.69) is 15.8 Å². The van der Waals surface area contributed by atoms with Gasteiger partial charge in [-0.3, -0.25) is 0 Å². The Hall–Kier alpha value is -1.22. The van der Waals surface area contributed by atoms with E-state index in [1.807, 2.05) is 36.8 Å². The highest BCUT2D eigenvalue weighted by Gasteiger charge is 1.78. The molecule has 2 rings (SSSR count). The maximum atomic E-state index is 2.86. The van der Waals surface area contributed by atoms with E-state index in [1.165, 1.54) is 0 Å². The van der Waals surface area contributed by atoms with Crippen LogP contribution in [-0.4, -0.2) is 11.5 Å². The molecule has 0 bridgehead atoms. The zero-order chi connectivity index (χ0) is 7.07. The summed E-state index contributed by atoms with van der Waals surface area (Å²) in [5.74, 6) is 0. The summed E-state index contributed by atoms with van der Waals surface area (Å²) in [6, 6.07) is 3.89. The van der Waals surface area contributed by atoms with Crippen LogP contribution in [0, 0.1) is 0 Å². The number of H-pyrrole nitrogens is 1. The van der Waals surface area contributed by atoms with Crippen molar-refractivity contribution >= 4 is 0 Å². The van der Waals surface area contributed by atoms with Crippen LogP contribution in [0.4, 0.5) is 0 Å². The minimum absolute atomic E-state index is 0.958. The zero-order valence-corrected chi connectivity index (χ0v) is 5.67. The Morgan fingerprint density at radius 1 is 1.10 bits per heavy atom. The van der Waals surface area contributed by atoms with Gasteiger partial charge in [-0.25, -0.2) is 5.43 Å². The largest absolute Gasteiger partial charge is 0.368 e. The van der Waals surface area contributed by atoms with Crippen molar-refractivity contribution in [1.82, 2.24) is 15.8 Å². The molecule has 0 saturated heterocycles. The van der Waals surface area contributed by atoms with Gasteiger partial charge in [-0.05, 0) is 12.1 Å². The minimum Gasteiger partial charge on any atom is -0.368 e. The molecule has 1 aromatic rings. The van der Waals surface area contributed by atoms with Crippen molar-refractivity contribution in [2.24, 2.45) is 0 Å². The summed E-state index contributed by atoms with van der Waals surface area (Å²) in [5, 5.41) is 0. The van der Waals surface area contributed by atoms with Crippen LogP contribution >= 0.6 is 0 Å². The van der Waals surface area contributed by atoms with Crippen LogP contribution < -0.4 is 10.9 Å². The van der Waals surface area contributed by atoms with Gasteiger partial charge in [0.05, 0.1) is 0 Å². The average molecular weight is 137 g/mol. The highest BCUT2D eigenvalue weighted by atomic mass is 15.4. The summed E-state index contributed by atoms with van der Waals surface area (Å²) in [5.41, 5.74) is 5.65. The van der Waals surface area contributed by atoms with Crippen molar-refractivity contribution in [3.05, 3.63) is 36.8 Å². The highest BCUT2D eigenvalue weighted by Crippen LogP contribution is 1.72. The molecule has 0 aromatic carbocycles. The van der Waals surface area contributed by atoms with E-state index >= 15 is 0 Å². The first-order chi connectivity index (χ1) is 5.00. The summed E-state index contributed by atoms with van der Waals surface area (Å²) in [6.45, 7) is 0.958. The fraction of sp³-hybridized carbons (Fsp3) is 0.143. The molecule has 1 aliphatic rings. The number of aromatic nitrogens is 1. The second kappa shape index (κ2) is 4.64. The van der Waals surface area contributed by atoms with Gasteiger partial charge in [-0.2, -0.15) is 0 Å². The normalized spacial score (nSPS) is 13.6. The van der Waals surface area contributed by atoms with Crippen LogP contribution in [0.5, 0.6) is 0 Å². The summed E-state index contributed by atoms with van der Waals surface area (Å²) < 4.78 is 0. The Morgan fingerprint density at radius 2 is 1.90 bits per heavy atom. The molecule has 0 saturated carbocycles. The van der Waals surface area contributed by atoms with Gasteiger partial charge in [0.1, 0.15) is 0 Å². The molecule has 0 atom stereocenters. The number of hydrogen-bond acceptors (Lipinski definition) is 2. The molecule has 1 aliphatic heterocycles. The molecule has 1 aromatic heterocycles. The Balaban J connectivity index is 0.0000001000. The summed E-state index contributed by atoms with van der Waals surface area (Å²) in [7, 11) is 0. The smallest absolute Gasteiger partial charge is 0.0345 e. The second-order valence-corrected chi connectivity index (χ2v) is 1.81. The molecule has 10 heavy (non-hydrogen) atoms.